The third kappa shape index (κ3) is 3.38. The molecule has 1 aromatic rings. The molecular formula is C12H11ClO5. The van der Waals surface area contributed by atoms with Crippen LogP contribution < -0.4 is 0 Å². The van der Waals surface area contributed by atoms with Gasteiger partial charge in [-0.15, -0.1) is 11.6 Å². The second-order valence-electron chi connectivity index (χ2n) is 3.67. The minimum absolute atomic E-state index is 0.0329. The van der Waals surface area contributed by atoms with Crippen LogP contribution in [0.4, 0.5) is 0 Å². The molecule has 0 saturated carbocycles. The summed E-state index contributed by atoms with van der Waals surface area (Å²) in [7, 11) is 0. The van der Waals surface area contributed by atoms with Crippen LogP contribution in [0.2, 0.25) is 0 Å². The van der Waals surface area contributed by atoms with Gasteiger partial charge in [0.2, 0.25) is 0 Å². The van der Waals surface area contributed by atoms with E-state index in [1.807, 2.05) is 0 Å². The molecule has 1 atom stereocenters. The lowest BCUT2D eigenvalue weighted by Gasteiger charge is -2.12. The summed E-state index contributed by atoms with van der Waals surface area (Å²) in [5.74, 6) is -1.94. The maximum Gasteiger partial charge on any atom is 0.337 e. The number of aldehydes is 1. The second-order valence-corrected chi connectivity index (χ2v) is 3.93. The van der Waals surface area contributed by atoms with E-state index in [4.69, 9.17) is 16.7 Å². The highest BCUT2D eigenvalue weighted by Crippen LogP contribution is 2.21. The molecule has 2 N–H and O–H groups in total. The zero-order valence-electron chi connectivity index (χ0n) is 9.30. The van der Waals surface area contributed by atoms with Crippen LogP contribution in [-0.4, -0.2) is 34.1 Å². The number of aliphatic carboxylic acids is 1. The maximum absolute atomic E-state index is 11.2. The van der Waals surface area contributed by atoms with Gasteiger partial charge in [0.05, 0.1) is 5.88 Å². The predicted octanol–water partition coefficient (Wildman–Crippen LogP) is 0.968. The number of ketones is 1. The standard InChI is InChI=1S/C12H11ClO5/c13-5-9(15)4-8-2-1-7(6-14)3-10(8)11(16)12(17)18/h1-3,6,11,16H,4-5H2,(H,17,18). The topological polar surface area (TPSA) is 91.7 Å². The summed E-state index contributed by atoms with van der Waals surface area (Å²) >= 11 is 5.37. The number of carbonyl (C=O) groups excluding carboxylic acids is 2. The van der Waals surface area contributed by atoms with Crippen molar-refractivity contribution < 1.29 is 24.6 Å². The number of rotatable bonds is 6. The van der Waals surface area contributed by atoms with Crippen LogP contribution in [0.3, 0.4) is 0 Å². The largest absolute Gasteiger partial charge is 0.479 e. The number of alkyl halides is 1. The number of halogens is 1. The van der Waals surface area contributed by atoms with Gasteiger partial charge >= 0.3 is 5.97 Å². The highest BCUT2D eigenvalue weighted by Gasteiger charge is 2.21. The Kier molecular flexibility index (Phi) is 5.00. The van der Waals surface area contributed by atoms with E-state index in [1.54, 1.807) is 0 Å². The van der Waals surface area contributed by atoms with E-state index in [0.717, 1.165) is 0 Å². The molecule has 0 aliphatic carbocycles. The average molecular weight is 271 g/mol. The highest BCUT2D eigenvalue weighted by atomic mass is 35.5. The van der Waals surface area contributed by atoms with Crippen molar-refractivity contribution in [1.29, 1.82) is 0 Å². The smallest absolute Gasteiger partial charge is 0.337 e. The van der Waals surface area contributed by atoms with Crippen molar-refractivity contribution in [3.05, 3.63) is 34.9 Å². The third-order valence-electron chi connectivity index (χ3n) is 2.37. The van der Waals surface area contributed by atoms with Crippen LogP contribution in [0.5, 0.6) is 0 Å². The summed E-state index contributed by atoms with van der Waals surface area (Å²) in [4.78, 5) is 32.6. The minimum Gasteiger partial charge on any atom is -0.479 e. The Morgan fingerprint density at radius 2 is 2.06 bits per heavy atom. The molecule has 0 aliphatic heterocycles. The van der Waals surface area contributed by atoms with Crippen molar-refractivity contribution in [2.45, 2.75) is 12.5 Å². The lowest BCUT2D eigenvalue weighted by Crippen LogP contribution is -2.15. The Hall–Kier alpha value is -1.72. The van der Waals surface area contributed by atoms with Crippen LogP contribution in [-0.2, 0) is 16.0 Å². The molecule has 5 nitrogen and oxygen atoms in total. The van der Waals surface area contributed by atoms with Gasteiger partial charge in [-0.25, -0.2) is 4.79 Å². The van der Waals surface area contributed by atoms with Crippen molar-refractivity contribution in [2.75, 3.05) is 5.88 Å². The first-order valence-electron chi connectivity index (χ1n) is 5.06. The molecule has 0 radical (unpaired) electrons. The molecule has 0 saturated heterocycles. The van der Waals surface area contributed by atoms with E-state index in [-0.39, 0.29) is 29.2 Å². The molecule has 0 bridgehead atoms. The number of carbonyl (C=O) groups is 3. The van der Waals surface area contributed by atoms with E-state index in [2.05, 4.69) is 0 Å². The number of carboxylic acid groups (broad SMARTS) is 1. The first-order valence-corrected chi connectivity index (χ1v) is 5.59. The minimum atomic E-state index is -1.77. The number of hydrogen-bond acceptors (Lipinski definition) is 4. The van der Waals surface area contributed by atoms with E-state index >= 15 is 0 Å². The number of hydrogen-bond donors (Lipinski definition) is 2. The molecule has 1 rings (SSSR count). The van der Waals surface area contributed by atoms with Crippen molar-refractivity contribution in [2.24, 2.45) is 0 Å². The molecule has 0 aliphatic rings. The summed E-state index contributed by atoms with van der Waals surface area (Å²) < 4.78 is 0. The first-order chi connectivity index (χ1) is 8.49. The maximum atomic E-state index is 11.2. The highest BCUT2D eigenvalue weighted by molar-refractivity contribution is 6.27. The average Bonchev–Trinajstić information content (AvgIpc) is 2.38. The van der Waals surface area contributed by atoms with Crippen molar-refractivity contribution in [3.8, 4) is 0 Å². The van der Waals surface area contributed by atoms with Gasteiger partial charge in [-0.3, -0.25) is 9.59 Å². The van der Waals surface area contributed by atoms with Gasteiger partial charge in [0.25, 0.3) is 0 Å². The normalized spacial score (nSPS) is 11.9. The Morgan fingerprint density at radius 3 is 2.56 bits per heavy atom. The van der Waals surface area contributed by atoms with Gasteiger partial charge in [-0.05, 0) is 17.2 Å². The Balaban J connectivity index is 3.19. The van der Waals surface area contributed by atoms with E-state index in [1.165, 1.54) is 18.2 Å². The molecular weight excluding hydrogens is 260 g/mol. The summed E-state index contributed by atoms with van der Waals surface area (Å²) in [5.41, 5.74) is 0.610. The van der Waals surface area contributed by atoms with Gasteiger partial charge in [0, 0.05) is 12.0 Å². The molecule has 18 heavy (non-hydrogen) atoms. The summed E-state index contributed by atoms with van der Waals surface area (Å²) in [6.07, 6.45) is -1.32. The zero-order valence-corrected chi connectivity index (χ0v) is 10.1. The van der Waals surface area contributed by atoms with Gasteiger partial charge in [-0.2, -0.15) is 0 Å². The molecule has 0 spiro atoms. The number of aliphatic hydroxyl groups is 1. The van der Waals surface area contributed by atoms with E-state index < -0.39 is 12.1 Å². The number of carboxylic acids is 1. The summed E-state index contributed by atoms with van der Waals surface area (Å²) in [6.45, 7) is 0. The fourth-order valence-corrected chi connectivity index (χ4v) is 1.59. The van der Waals surface area contributed by atoms with Crippen LogP contribution in [0.15, 0.2) is 18.2 Å². The fourth-order valence-electron chi connectivity index (χ4n) is 1.49. The SMILES string of the molecule is O=Cc1ccc(CC(=O)CCl)c(C(O)C(=O)O)c1. The van der Waals surface area contributed by atoms with Crippen LogP contribution >= 0.6 is 11.6 Å². The second kappa shape index (κ2) is 6.28. The summed E-state index contributed by atoms with van der Waals surface area (Å²) in [5, 5.41) is 18.3. The van der Waals surface area contributed by atoms with Crippen LogP contribution in [0.25, 0.3) is 0 Å². The molecule has 0 heterocycles. The monoisotopic (exact) mass is 270 g/mol. The van der Waals surface area contributed by atoms with Crippen LogP contribution in [0, 0.1) is 0 Å². The van der Waals surface area contributed by atoms with Gasteiger partial charge in [0.1, 0.15) is 6.29 Å². The number of aliphatic hydroxyl groups excluding tert-OH is 1. The zero-order chi connectivity index (χ0) is 13.7. The van der Waals surface area contributed by atoms with Gasteiger partial charge in [0.15, 0.2) is 11.9 Å². The number of benzene rings is 1. The Labute approximate surface area is 108 Å². The molecule has 6 heteroatoms. The van der Waals surface area contributed by atoms with E-state index in [9.17, 15) is 19.5 Å². The van der Waals surface area contributed by atoms with Crippen molar-refractivity contribution >= 4 is 29.6 Å². The van der Waals surface area contributed by atoms with Crippen LogP contribution in [0.1, 0.15) is 27.6 Å². The lowest BCUT2D eigenvalue weighted by molar-refractivity contribution is -0.147. The third-order valence-corrected chi connectivity index (χ3v) is 2.67. The van der Waals surface area contributed by atoms with Gasteiger partial charge < -0.3 is 10.2 Å². The molecule has 1 aromatic carbocycles. The quantitative estimate of drug-likeness (QED) is 0.593. The predicted molar refractivity (Wildman–Crippen MR) is 63.9 cm³/mol. The lowest BCUT2D eigenvalue weighted by atomic mass is 9.96. The molecule has 0 amide bonds. The first kappa shape index (κ1) is 14.3. The Bertz CT molecular complexity index is 483. The Morgan fingerprint density at radius 1 is 1.39 bits per heavy atom. The van der Waals surface area contributed by atoms with Crippen molar-refractivity contribution in [1.82, 2.24) is 0 Å². The number of Topliss-reactive ketones (excluding diaryl/α,β-unsaturated/α-hetero) is 1. The molecule has 1 unspecified atom stereocenters. The van der Waals surface area contributed by atoms with Crippen molar-refractivity contribution in [3.63, 3.8) is 0 Å². The van der Waals surface area contributed by atoms with Gasteiger partial charge in [-0.1, -0.05) is 12.1 Å². The fraction of sp³-hybridized carbons (Fsp3) is 0.250. The molecule has 96 valence electrons. The molecule has 0 fully saturated rings. The molecule has 0 aromatic heterocycles. The van der Waals surface area contributed by atoms with E-state index in [0.29, 0.717) is 11.8 Å². The summed E-state index contributed by atoms with van der Waals surface area (Å²) in [6, 6.07) is 4.14.